The van der Waals surface area contributed by atoms with Gasteiger partial charge in [-0.1, -0.05) is 49.0 Å². The molecule has 0 aliphatic heterocycles. The second kappa shape index (κ2) is 10.8. The number of rotatable bonds is 10. The molecule has 1 aliphatic rings. The van der Waals surface area contributed by atoms with Crippen molar-refractivity contribution in [1.82, 2.24) is 15.3 Å². The fourth-order valence-electron chi connectivity index (χ4n) is 4.09. The number of halogens is 1. The number of nitrogens with zero attached hydrogens (tertiary/aromatic N) is 1. The van der Waals surface area contributed by atoms with Crippen LogP contribution in [0.5, 0.6) is 0 Å². The average Bonchev–Trinajstić information content (AvgIpc) is 3.62. The van der Waals surface area contributed by atoms with Crippen LogP contribution in [0.25, 0.3) is 27.9 Å². The number of aliphatic hydroxyl groups excluding tert-OH is 1. The van der Waals surface area contributed by atoms with Crippen molar-refractivity contribution in [2.24, 2.45) is 5.92 Å². The quantitative estimate of drug-likeness (QED) is 0.237. The van der Waals surface area contributed by atoms with Crippen LogP contribution in [0, 0.1) is 5.92 Å². The maximum atomic E-state index is 13.0. The van der Waals surface area contributed by atoms with E-state index in [9.17, 15) is 9.90 Å². The van der Waals surface area contributed by atoms with Gasteiger partial charge in [-0.2, -0.15) is 0 Å². The molecule has 7 heteroatoms. The highest BCUT2D eigenvalue weighted by molar-refractivity contribution is 6.25. The van der Waals surface area contributed by atoms with Gasteiger partial charge < -0.3 is 20.1 Å². The highest BCUT2D eigenvalue weighted by Gasteiger charge is 2.32. The van der Waals surface area contributed by atoms with Gasteiger partial charge >= 0.3 is 0 Å². The molecule has 0 saturated heterocycles. The standard InChI is InChI=1S/C28H28ClN3O3/c1-17(22(7-6-14-29)27-30-24-8-4-5-9-25(24)31-27)21-13-12-20(15-23(21)18(2)33)28(34)32-26(16-35-3)19-10-11-19/h4-9,12-15,19,26,33H,1-2,10-11,16H2,3H3,(H,30,31)(H,32,34)/b14-6-,22-7+. The van der Waals surface area contributed by atoms with Crippen molar-refractivity contribution in [2.45, 2.75) is 18.9 Å². The van der Waals surface area contributed by atoms with Crippen molar-refractivity contribution in [3.05, 3.63) is 95.8 Å². The van der Waals surface area contributed by atoms with Gasteiger partial charge in [-0.05, 0) is 60.2 Å². The molecule has 3 aromatic rings. The number of nitrogens with one attached hydrogen (secondary N) is 2. The first kappa shape index (κ1) is 24.5. The summed E-state index contributed by atoms with van der Waals surface area (Å²) in [6.07, 6.45) is 5.64. The third kappa shape index (κ3) is 5.56. The number of benzene rings is 2. The fourth-order valence-corrected chi connectivity index (χ4v) is 4.17. The van der Waals surface area contributed by atoms with Crippen molar-refractivity contribution in [2.75, 3.05) is 13.7 Å². The number of carbonyl (C=O) groups excluding carboxylic acids is 1. The Hall–Kier alpha value is -3.61. The Morgan fingerprint density at radius 1 is 1.29 bits per heavy atom. The zero-order valence-electron chi connectivity index (χ0n) is 19.6. The Morgan fingerprint density at radius 3 is 2.71 bits per heavy atom. The molecule has 1 fully saturated rings. The number of hydrogen-bond acceptors (Lipinski definition) is 4. The Morgan fingerprint density at radius 2 is 2.06 bits per heavy atom. The summed E-state index contributed by atoms with van der Waals surface area (Å²) in [7, 11) is 1.63. The number of imidazole rings is 1. The van der Waals surface area contributed by atoms with E-state index in [1.54, 1.807) is 37.5 Å². The van der Waals surface area contributed by atoms with Crippen LogP contribution in [0.15, 0.2) is 73.3 Å². The van der Waals surface area contributed by atoms with E-state index < -0.39 is 0 Å². The number of aromatic nitrogens is 2. The molecule has 1 aliphatic carbocycles. The predicted octanol–water partition coefficient (Wildman–Crippen LogP) is 6.10. The summed E-state index contributed by atoms with van der Waals surface area (Å²) in [6, 6.07) is 12.8. The second-order valence-corrected chi connectivity index (χ2v) is 8.81. The lowest BCUT2D eigenvalue weighted by molar-refractivity contribution is 0.0884. The number of hydrogen-bond donors (Lipinski definition) is 3. The van der Waals surface area contributed by atoms with Crippen molar-refractivity contribution >= 4 is 45.4 Å². The van der Waals surface area contributed by atoms with Gasteiger partial charge in [-0.3, -0.25) is 4.79 Å². The molecule has 35 heavy (non-hydrogen) atoms. The first-order valence-corrected chi connectivity index (χ1v) is 11.8. The summed E-state index contributed by atoms with van der Waals surface area (Å²) in [4.78, 5) is 21.0. The first-order valence-electron chi connectivity index (χ1n) is 11.4. The summed E-state index contributed by atoms with van der Waals surface area (Å²) in [5, 5.41) is 13.5. The molecule has 1 atom stereocenters. The van der Waals surface area contributed by atoms with Crippen LogP contribution < -0.4 is 5.32 Å². The maximum Gasteiger partial charge on any atom is 0.251 e. The summed E-state index contributed by atoms with van der Waals surface area (Å²) in [6.45, 7) is 8.45. The Kier molecular flexibility index (Phi) is 7.54. The van der Waals surface area contributed by atoms with Crippen LogP contribution in [0.2, 0.25) is 0 Å². The molecule has 1 aromatic heterocycles. The van der Waals surface area contributed by atoms with Gasteiger partial charge in [0.25, 0.3) is 5.91 Å². The third-order valence-corrected chi connectivity index (χ3v) is 6.22. The van der Waals surface area contributed by atoms with Crippen molar-refractivity contribution in [3.63, 3.8) is 0 Å². The monoisotopic (exact) mass is 489 g/mol. The summed E-state index contributed by atoms with van der Waals surface area (Å²) in [5.41, 5.74) is 5.83. The number of amides is 1. The largest absolute Gasteiger partial charge is 0.508 e. The van der Waals surface area contributed by atoms with Crippen LogP contribution in [0.3, 0.4) is 0 Å². The number of ether oxygens (including phenoxy) is 1. The predicted molar refractivity (Wildman–Crippen MR) is 142 cm³/mol. The number of methoxy groups -OCH3 is 1. The van der Waals surface area contributed by atoms with E-state index in [-0.39, 0.29) is 17.7 Å². The SMILES string of the molecule is C=C(O)c1cc(C(=O)NC(COC)C2CC2)ccc1C(=C)/C(=C\C=C/Cl)c1nc2ccccc2[nH]1. The zero-order valence-corrected chi connectivity index (χ0v) is 20.3. The lowest BCUT2D eigenvalue weighted by atomic mass is 9.92. The molecule has 1 amide bonds. The lowest BCUT2D eigenvalue weighted by Crippen LogP contribution is -2.39. The molecule has 3 N–H and O–H groups in total. The van der Waals surface area contributed by atoms with Gasteiger partial charge in [-0.25, -0.2) is 4.98 Å². The summed E-state index contributed by atoms with van der Waals surface area (Å²) in [5.74, 6) is 0.658. The summed E-state index contributed by atoms with van der Waals surface area (Å²) >= 11 is 5.80. The van der Waals surface area contributed by atoms with Crippen LogP contribution in [-0.4, -0.2) is 40.7 Å². The van der Waals surface area contributed by atoms with Gasteiger partial charge in [0.2, 0.25) is 0 Å². The van der Waals surface area contributed by atoms with Crippen LogP contribution in [-0.2, 0) is 4.74 Å². The normalized spacial score (nSPS) is 14.9. The number of aliphatic hydroxyl groups is 1. The highest BCUT2D eigenvalue weighted by Crippen LogP contribution is 2.35. The first-order chi connectivity index (χ1) is 16.9. The number of H-pyrrole nitrogens is 1. The fraction of sp³-hybridized carbons (Fsp3) is 0.214. The maximum absolute atomic E-state index is 13.0. The molecule has 2 aromatic carbocycles. The molecule has 0 spiro atoms. The molecule has 1 heterocycles. The van der Waals surface area contributed by atoms with E-state index in [0.29, 0.717) is 46.2 Å². The average molecular weight is 490 g/mol. The smallest absolute Gasteiger partial charge is 0.251 e. The van der Waals surface area contributed by atoms with Gasteiger partial charge in [0.15, 0.2) is 0 Å². The number of aromatic amines is 1. The Bertz CT molecular complexity index is 1300. The van der Waals surface area contributed by atoms with E-state index in [1.165, 1.54) is 5.54 Å². The minimum absolute atomic E-state index is 0.0344. The van der Waals surface area contributed by atoms with Gasteiger partial charge in [-0.15, -0.1) is 0 Å². The van der Waals surface area contributed by atoms with Crippen molar-refractivity contribution < 1.29 is 14.6 Å². The molecular formula is C28H28ClN3O3. The van der Waals surface area contributed by atoms with Crippen LogP contribution >= 0.6 is 11.6 Å². The molecule has 180 valence electrons. The van der Waals surface area contributed by atoms with Gasteiger partial charge in [0.1, 0.15) is 11.6 Å². The number of fused-ring (bicyclic) bond motifs is 1. The summed E-state index contributed by atoms with van der Waals surface area (Å²) < 4.78 is 5.27. The Labute approximate surface area is 209 Å². The third-order valence-electron chi connectivity index (χ3n) is 6.08. The second-order valence-electron chi connectivity index (χ2n) is 8.56. The number of carbonyl (C=O) groups is 1. The molecular weight excluding hydrogens is 462 g/mol. The van der Waals surface area contributed by atoms with E-state index in [0.717, 1.165) is 23.9 Å². The minimum atomic E-state index is -0.225. The molecule has 1 saturated carbocycles. The molecule has 0 bridgehead atoms. The topological polar surface area (TPSA) is 87.2 Å². The van der Waals surface area contributed by atoms with Crippen LogP contribution in [0.1, 0.15) is 40.2 Å². The molecule has 0 radical (unpaired) electrons. The van der Waals surface area contributed by atoms with E-state index in [2.05, 4.69) is 28.4 Å². The highest BCUT2D eigenvalue weighted by atomic mass is 35.5. The van der Waals surface area contributed by atoms with Crippen molar-refractivity contribution in [1.29, 1.82) is 0 Å². The van der Waals surface area contributed by atoms with Gasteiger partial charge in [0.05, 0.1) is 23.7 Å². The van der Waals surface area contributed by atoms with Crippen LogP contribution in [0.4, 0.5) is 0 Å². The van der Waals surface area contributed by atoms with E-state index in [1.807, 2.05) is 24.3 Å². The van der Waals surface area contributed by atoms with E-state index >= 15 is 0 Å². The Balaban J connectivity index is 1.68. The zero-order chi connectivity index (χ0) is 24.9. The van der Waals surface area contributed by atoms with Gasteiger partial charge in [0, 0.05) is 29.3 Å². The van der Waals surface area contributed by atoms with E-state index in [4.69, 9.17) is 16.3 Å². The molecule has 1 unspecified atom stereocenters. The van der Waals surface area contributed by atoms with Crippen molar-refractivity contribution in [3.8, 4) is 0 Å². The number of para-hydroxylation sites is 2. The molecule has 4 rings (SSSR count). The molecule has 6 nitrogen and oxygen atoms in total. The number of allylic oxidation sites excluding steroid dienone is 4. The minimum Gasteiger partial charge on any atom is -0.508 e. The lowest BCUT2D eigenvalue weighted by Gasteiger charge is -2.19.